The molecule has 1 aromatic carbocycles. The molecule has 100 valence electrons. The van der Waals surface area contributed by atoms with Crippen LogP contribution >= 0.6 is 15.9 Å². The van der Waals surface area contributed by atoms with Crippen molar-refractivity contribution in [2.24, 2.45) is 0 Å². The van der Waals surface area contributed by atoms with Gasteiger partial charge in [-0.1, -0.05) is 28.1 Å². The van der Waals surface area contributed by atoms with E-state index < -0.39 is 0 Å². The minimum Gasteiger partial charge on any atom is -0.323 e. The van der Waals surface area contributed by atoms with E-state index in [4.69, 9.17) is 0 Å². The van der Waals surface area contributed by atoms with E-state index in [-0.39, 0.29) is 0 Å². The zero-order valence-electron chi connectivity index (χ0n) is 11.4. The average molecular weight is 319 g/mol. The standard InChI is InChI=1S/C16H19BrN2/c1-11-3-4-12(2)19(11)18-16-9-14(10-16)13-5-7-15(17)8-6-13/h3-8,14,16,18H,9-10H2,1-2H3. The summed E-state index contributed by atoms with van der Waals surface area (Å²) >= 11 is 3.49. The lowest BCUT2D eigenvalue weighted by molar-refractivity contribution is 0.350. The van der Waals surface area contributed by atoms with Gasteiger partial charge in [0.1, 0.15) is 0 Å². The van der Waals surface area contributed by atoms with Gasteiger partial charge >= 0.3 is 0 Å². The summed E-state index contributed by atoms with van der Waals surface area (Å²) in [5, 5.41) is 0. The van der Waals surface area contributed by atoms with Crippen LogP contribution < -0.4 is 5.43 Å². The zero-order valence-corrected chi connectivity index (χ0v) is 12.9. The maximum atomic E-state index is 3.61. The molecular weight excluding hydrogens is 300 g/mol. The Kier molecular flexibility index (Phi) is 3.40. The molecule has 0 atom stereocenters. The molecule has 2 aromatic rings. The fourth-order valence-corrected chi connectivity index (χ4v) is 3.05. The van der Waals surface area contributed by atoms with E-state index in [0.29, 0.717) is 12.0 Å². The maximum Gasteiger partial charge on any atom is 0.0436 e. The summed E-state index contributed by atoms with van der Waals surface area (Å²) in [6, 6.07) is 13.7. The van der Waals surface area contributed by atoms with Gasteiger partial charge in [-0.05, 0) is 62.4 Å². The van der Waals surface area contributed by atoms with Gasteiger partial charge in [0.05, 0.1) is 0 Å². The van der Waals surface area contributed by atoms with Crippen molar-refractivity contribution in [3.8, 4) is 0 Å². The van der Waals surface area contributed by atoms with Crippen LogP contribution in [0.1, 0.15) is 35.7 Å². The fraction of sp³-hybridized carbons (Fsp3) is 0.375. The Bertz CT molecular complexity index is 545. The van der Waals surface area contributed by atoms with Crippen LogP contribution in [0.15, 0.2) is 40.9 Å². The molecule has 1 aliphatic rings. The molecule has 1 heterocycles. The van der Waals surface area contributed by atoms with E-state index in [2.05, 4.69) is 76.3 Å². The first-order valence-electron chi connectivity index (χ1n) is 6.80. The van der Waals surface area contributed by atoms with E-state index in [0.717, 1.165) is 4.47 Å². The molecule has 1 aliphatic carbocycles. The second-order valence-electron chi connectivity index (χ2n) is 5.50. The van der Waals surface area contributed by atoms with E-state index >= 15 is 0 Å². The van der Waals surface area contributed by atoms with Crippen LogP contribution in [0.3, 0.4) is 0 Å². The highest BCUT2D eigenvalue weighted by Gasteiger charge is 2.30. The second kappa shape index (κ2) is 5.04. The zero-order chi connectivity index (χ0) is 13.4. The van der Waals surface area contributed by atoms with Gasteiger partial charge in [-0.15, -0.1) is 0 Å². The van der Waals surface area contributed by atoms with Crippen molar-refractivity contribution < 1.29 is 0 Å². The van der Waals surface area contributed by atoms with Gasteiger partial charge < -0.3 is 5.43 Å². The third kappa shape index (κ3) is 2.57. The van der Waals surface area contributed by atoms with Crippen molar-refractivity contribution >= 4 is 15.9 Å². The van der Waals surface area contributed by atoms with Gasteiger partial charge in [0.15, 0.2) is 0 Å². The van der Waals surface area contributed by atoms with Crippen molar-refractivity contribution in [2.75, 3.05) is 5.43 Å². The number of aryl methyl sites for hydroxylation is 2. The van der Waals surface area contributed by atoms with Gasteiger partial charge in [-0.25, -0.2) is 0 Å². The SMILES string of the molecule is Cc1ccc(C)n1NC1CC(c2ccc(Br)cc2)C1. The summed E-state index contributed by atoms with van der Waals surface area (Å²) in [6.07, 6.45) is 2.44. The molecule has 0 unspecified atom stereocenters. The fourth-order valence-electron chi connectivity index (χ4n) is 2.79. The number of hydrogen-bond donors (Lipinski definition) is 1. The summed E-state index contributed by atoms with van der Waals surface area (Å²) in [6.45, 7) is 4.29. The van der Waals surface area contributed by atoms with E-state index in [9.17, 15) is 0 Å². The third-order valence-electron chi connectivity index (χ3n) is 4.06. The first-order chi connectivity index (χ1) is 9.13. The van der Waals surface area contributed by atoms with E-state index in [1.807, 2.05) is 0 Å². The van der Waals surface area contributed by atoms with Crippen molar-refractivity contribution in [1.82, 2.24) is 4.68 Å². The number of nitrogens with zero attached hydrogens (tertiary/aromatic N) is 1. The average Bonchev–Trinajstić information content (AvgIpc) is 2.66. The summed E-state index contributed by atoms with van der Waals surface area (Å²) in [7, 11) is 0. The van der Waals surface area contributed by atoms with Crippen LogP contribution in [0.5, 0.6) is 0 Å². The molecule has 0 aliphatic heterocycles. The van der Waals surface area contributed by atoms with Crippen LogP contribution in [0.2, 0.25) is 0 Å². The topological polar surface area (TPSA) is 17.0 Å². The Labute approximate surface area is 122 Å². The lowest BCUT2D eigenvalue weighted by atomic mass is 9.76. The number of hydrogen-bond acceptors (Lipinski definition) is 1. The lowest BCUT2D eigenvalue weighted by Gasteiger charge is -2.37. The van der Waals surface area contributed by atoms with Crippen LogP contribution in [0.25, 0.3) is 0 Å². The normalized spacial score (nSPS) is 22.1. The minimum atomic E-state index is 0.596. The lowest BCUT2D eigenvalue weighted by Crippen LogP contribution is -2.39. The van der Waals surface area contributed by atoms with Crippen molar-refractivity contribution in [3.63, 3.8) is 0 Å². The van der Waals surface area contributed by atoms with Gasteiger partial charge in [-0.2, -0.15) is 0 Å². The second-order valence-corrected chi connectivity index (χ2v) is 6.41. The van der Waals surface area contributed by atoms with Crippen molar-refractivity contribution in [1.29, 1.82) is 0 Å². The Balaban J connectivity index is 1.60. The van der Waals surface area contributed by atoms with Crippen molar-refractivity contribution in [2.45, 2.75) is 38.6 Å². The van der Waals surface area contributed by atoms with Gasteiger partial charge in [0, 0.05) is 21.9 Å². The van der Waals surface area contributed by atoms with E-state index in [1.165, 1.54) is 29.8 Å². The van der Waals surface area contributed by atoms with Crippen molar-refractivity contribution in [3.05, 3.63) is 57.8 Å². The molecule has 1 N–H and O–H groups in total. The highest BCUT2D eigenvalue weighted by Crippen LogP contribution is 2.37. The molecule has 1 fully saturated rings. The first kappa shape index (κ1) is 12.8. The summed E-state index contributed by atoms with van der Waals surface area (Å²) in [4.78, 5) is 0. The van der Waals surface area contributed by atoms with Crippen LogP contribution in [-0.4, -0.2) is 10.7 Å². The molecule has 3 heteroatoms. The molecule has 19 heavy (non-hydrogen) atoms. The van der Waals surface area contributed by atoms with Gasteiger partial charge in [0.2, 0.25) is 0 Å². The smallest absolute Gasteiger partial charge is 0.0436 e. The summed E-state index contributed by atoms with van der Waals surface area (Å²) in [5.41, 5.74) is 7.64. The molecule has 0 spiro atoms. The molecule has 0 radical (unpaired) electrons. The summed E-state index contributed by atoms with van der Waals surface area (Å²) in [5.74, 6) is 0.710. The highest BCUT2D eigenvalue weighted by molar-refractivity contribution is 9.10. The third-order valence-corrected chi connectivity index (χ3v) is 4.59. The summed E-state index contributed by atoms with van der Waals surface area (Å²) < 4.78 is 3.37. The molecular formula is C16H19BrN2. The quantitative estimate of drug-likeness (QED) is 0.889. The van der Waals surface area contributed by atoms with E-state index in [1.54, 1.807) is 0 Å². The predicted molar refractivity (Wildman–Crippen MR) is 83.2 cm³/mol. The molecule has 1 aromatic heterocycles. The molecule has 0 bridgehead atoms. The molecule has 1 saturated carbocycles. The van der Waals surface area contributed by atoms with Crippen LogP contribution in [0, 0.1) is 13.8 Å². The monoisotopic (exact) mass is 318 g/mol. The number of aromatic nitrogens is 1. The Hall–Kier alpha value is -1.22. The van der Waals surface area contributed by atoms with Crippen LogP contribution in [-0.2, 0) is 0 Å². The highest BCUT2D eigenvalue weighted by atomic mass is 79.9. The Morgan fingerprint density at radius 2 is 1.58 bits per heavy atom. The Morgan fingerprint density at radius 1 is 1.00 bits per heavy atom. The predicted octanol–water partition coefficient (Wildman–Crippen LogP) is 4.36. The molecule has 2 nitrogen and oxygen atoms in total. The number of rotatable bonds is 3. The molecule has 3 rings (SSSR count). The largest absolute Gasteiger partial charge is 0.323 e. The maximum absolute atomic E-state index is 3.61. The van der Waals surface area contributed by atoms with Crippen LogP contribution in [0.4, 0.5) is 0 Å². The van der Waals surface area contributed by atoms with Gasteiger partial charge in [0.25, 0.3) is 0 Å². The van der Waals surface area contributed by atoms with Gasteiger partial charge in [-0.3, -0.25) is 4.68 Å². The minimum absolute atomic E-state index is 0.596. The number of halogens is 1. The first-order valence-corrected chi connectivity index (χ1v) is 7.60. The number of nitrogens with one attached hydrogen (secondary N) is 1. The number of benzene rings is 1. The Morgan fingerprint density at radius 3 is 2.16 bits per heavy atom. The molecule has 0 amide bonds. The molecule has 0 saturated heterocycles.